The van der Waals surface area contributed by atoms with E-state index >= 15 is 0 Å². The SMILES string of the molecule is COC(=O)c1cc(N)cc(Cl)c1Nc1ccc(I)cc1Cl. The minimum Gasteiger partial charge on any atom is -0.465 e. The molecule has 0 saturated heterocycles. The molecule has 0 bridgehead atoms. The number of carbonyl (C=O) groups excluding carboxylic acids is 1. The summed E-state index contributed by atoms with van der Waals surface area (Å²) < 4.78 is 5.75. The molecule has 0 radical (unpaired) electrons. The molecule has 0 heterocycles. The zero-order valence-electron chi connectivity index (χ0n) is 10.9. The van der Waals surface area contributed by atoms with Gasteiger partial charge in [-0.3, -0.25) is 0 Å². The minimum absolute atomic E-state index is 0.247. The van der Waals surface area contributed by atoms with Gasteiger partial charge in [0, 0.05) is 9.26 Å². The van der Waals surface area contributed by atoms with E-state index in [9.17, 15) is 4.79 Å². The van der Waals surface area contributed by atoms with Crippen molar-refractivity contribution in [1.82, 2.24) is 0 Å². The van der Waals surface area contributed by atoms with Crippen LogP contribution in [0.5, 0.6) is 0 Å². The van der Waals surface area contributed by atoms with Crippen LogP contribution in [0.2, 0.25) is 10.0 Å². The molecule has 2 aromatic rings. The maximum Gasteiger partial charge on any atom is 0.340 e. The molecule has 4 nitrogen and oxygen atoms in total. The van der Waals surface area contributed by atoms with Crippen LogP contribution in [-0.2, 0) is 4.74 Å². The van der Waals surface area contributed by atoms with Gasteiger partial charge in [0.2, 0.25) is 0 Å². The van der Waals surface area contributed by atoms with Crippen LogP contribution >= 0.6 is 45.8 Å². The Morgan fingerprint density at radius 2 is 1.95 bits per heavy atom. The molecule has 0 aliphatic heterocycles. The monoisotopic (exact) mass is 436 g/mol. The lowest BCUT2D eigenvalue weighted by Gasteiger charge is -2.14. The smallest absolute Gasteiger partial charge is 0.340 e. The summed E-state index contributed by atoms with van der Waals surface area (Å²) >= 11 is 14.5. The standard InChI is InChI=1S/C14H11Cl2IN2O2/c1-21-14(20)9-5-8(18)6-11(16)13(9)19-12-3-2-7(17)4-10(12)15/h2-6,19H,18H2,1H3. The van der Waals surface area contributed by atoms with Gasteiger partial charge in [-0.05, 0) is 52.9 Å². The van der Waals surface area contributed by atoms with Crippen LogP contribution in [0.15, 0.2) is 30.3 Å². The molecule has 2 rings (SSSR count). The van der Waals surface area contributed by atoms with Crippen molar-refractivity contribution in [3.8, 4) is 0 Å². The zero-order chi connectivity index (χ0) is 15.6. The van der Waals surface area contributed by atoms with Crippen molar-refractivity contribution in [2.75, 3.05) is 18.2 Å². The van der Waals surface area contributed by atoms with Gasteiger partial charge in [-0.1, -0.05) is 23.2 Å². The molecule has 110 valence electrons. The summed E-state index contributed by atoms with van der Waals surface area (Å²) in [6.07, 6.45) is 0. The number of benzene rings is 2. The molecular weight excluding hydrogens is 426 g/mol. The lowest BCUT2D eigenvalue weighted by molar-refractivity contribution is 0.0602. The molecule has 0 aliphatic carbocycles. The van der Waals surface area contributed by atoms with Crippen molar-refractivity contribution in [1.29, 1.82) is 0 Å². The number of carbonyl (C=O) groups is 1. The maximum absolute atomic E-state index is 11.9. The number of rotatable bonds is 3. The molecule has 0 amide bonds. The molecule has 0 aliphatic rings. The molecule has 0 saturated carbocycles. The summed E-state index contributed by atoms with van der Waals surface area (Å²) in [7, 11) is 1.29. The van der Waals surface area contributed by atoms with Crippen LogP contribution in [0.25, 0.3) is 0 Å². The van der Waals surface area contributed by atoms with Gasteiger partial charge >= 0.3 is 5.97 Å². The summed E-state index contributed by atoms with van der Waals surface area (Å²) in [6.45, 7) is 0. The first kappa shape index (κ1) is 16.2. The number of ether oxygens (including phenoxy) is 1. The normalized spacial score (nSPS) is 10.3. The molecule has 0 unspecified atom stereocenters. The van der Waals surface area contributed by atoms with Crippen molar-refractivity contribution in [3.63, 3.8) is 0 Å². The van der Waals surface area contributed by atoms with E-state index in [1.807, 2.05) is 6.07 Å². The highest BCUT2D eigenvalue weighted by atomic mass is 127. The number of nitrogens with one attached hydrogen (secondary N) is 1. The van der Waals surface area contributed by atoms with Crippen molar-refractivity contribution in [2.45, 2.75) is 0 Å². The first-order valence-electron chi connectivity index (χ1n) is 5.81. The fourth-order valence-corrected chi connectivity index (χ4v) is 2.93. The summed E-state index contributed by atoms with van der Waals surface area (Å²) in [5.74, 6) is -0.534. The van der Waals surface area contributed by atoms with E-state index in [1.165, 1.54) is 13.2 Å². The van der Waals surface area contributed by atoms with Gasteiger partial charge in [-0.25, -0.2) is 4.79 Å². The van der Waals surface area contributed by atoms with Gasteiger partial charge in [-0.15, -0.1) is 0 Å². The summed E-state index contributed by atoms with van der Waals surface area (Å²) in [5.41, 5.74) is 7.38. The highest BCUT2D eigenvalue weighted by molar-refractivity contribution is 14.1. The average molecular weight is 437 g/mol. The Hall–Kier alpha value is -1.18. The van der Waals surface area contributed by atoms with Crippen molar-refractivity contribution < 1.29 is 9.53 Å². The maximum atomic E-state index is 11.9. The second-order valence-corrected chi connectivity index (χ2v) is 6.23. The van der Waals surface area contributed by atoms with Crippen molar-refractivity contribution in [2.24, 2.45) is 0 Å². The molecular formula is C14H11Cl2IN2O2. The Morgan fingerprint density at radius 1 is 1.24 bits per heavy atom. The van der Waals surface area contributed by atoms with Crippen LogP contribution in [0.3, 0.4) is 0 Å². The van der Waals surface area contributed by atoms with Crippen LogP contribution in [0.4, 0.5) is 17.1 Å². The van der Waals surface area contributed by atoms with Crippen molar-refractivity contribution in [3.05, 3.63) is 49.5 Å². The third-order valence-corrected chi connectivity index (χ3v) is 3.99. The minimum atomic E-state index is -0.534. The largest absolute Gasteiger partial charge is 0.465 e. The van der Waals surface area contributed by atoms with Crippen LogP contribution < -0.4 is 11.1 Å². The highest BCUT2D eigenvalue weighted by Crippen LogP contribution is 2.35. The number of halogens is 3. The number of hydrogen-bond acceptors (Lipinski definition) is 4. The second kappa shape index (κ2) is 6.72. The molecule has 0 spiro atoms. The van der Waals surface area contributed by atoms with E-state index in [-0.39, 0.29) is 5.56 Å². The quantitative estimate of drug-likeness (QED) is 0.415. The Labute approximate surface area is 145 Å². The summed E-state index contributed by atoms with van der Waals surface area (Å²) in [5, 5.41) is 3.88. The fraction of sp³-hybridized carbons (Fsp3) is 0.0714. The first-order valence-corrected chi connectivity index (χ1v) is 7.65. The predicted molar refractivity (Wildman–Crippen MR) is 94.7 cm³/mol. The number of anilines is 3. The van der Waals surface area contributed by atoms with E-state index in [2.05, 4.69) is 27.9 Å². The molecule has 0 aromatic heterocycles. The lowest BCUT2D eigenvalue weighted by atomic mass is 10.1. The van der Waals surface area contributed by atoms with Gasteiger partial charge < -0.3 is 15.8 Å². The molecule has 3 N–H and O–H groups in total. The van der Waals surface area contributed by atoms with Crippen LogP contribution in [0.1, 0.15) is 10.4 Å². The van der Waals surface area contributed by atoms with Crippen LogP contribution in [-0.4, -0.2) is 13.1 Å². The zero-order valence-corrected chi connectivity index (χ0v) is 14.6. The number of hydrogen-bond donors (Lipinski definition) is 2. The Kier molecular flexibility index (Phi) is 5.18. The third-order valence-electron chi connectivity index (χ3n) is 2.71. The number of methoxy groups -OCH3 is 1. The van der Waals surface area contributed by atoms with Gasteiger partial charge in [0.05, 0.1) is 34.1 Å². The number of esters is 1. The van der Waals surface area contributed by atoms with Gasteiger partial charge in [-0.2, -0.15) is 0 Å². The third kappa shape index (κ3) is 3.72. The molecule has 0 atom stereocenters. The van der Waals surface area contributed by atoms with E-state index in [1.54, 1.807) is 18.2 Å². The average Bonchev–Trinajstić information content (AvgIpc) is 2.42. The van der Waals surface area contributed by atoms with Crippen molar-refractivity contribution >= 4 is 68.8 Å². The number of nitrogens with two attached hydrogens (primary N) is 1. The predicted octanol–water partition coefficient (Wildman–Crippen LogP) is 4.71. The van der Waals surface area contributed by atoms with E-state index in [0.717, 1.165) is 3.57 Å². The summed E-state index contributed by atoms with van der Waals surface area (Å²) in [4.78, 5) is 11.9. The van der Waals surface area contributed by atoms with Gasteiger partial charge in [0.1, 0.15) is 0 Å². The highest BCUT2D eigenvalue weighted by Gasteiger charge is 2.17. The summed E-state index contributed by atoms with van der Waals surface area (Å²) in [6, 6.07) is 8.54. The van der Waals surface area contributed by atoms with E-state index in [4.69, 9.17) is 33.7 Å². The van der Waals surface area contributed by atoms with E-state index in [0.29, 0.717) is 27.1 Å². The molecule has 7 heteroatoms. The molecule has 2 aromatic carbocycles. The number of nitrogen functional groups attached to an aromatic ring is 1. The molecule has 21 heavy (non-hydrogen) atoms. The Morgan fingerprint density at radius 3 is 2.57 bits per heavy atom. The Bertz CT molecular complexity index is 708. The topological polar surface area (TPSA) is 64.3 Å². The van der Waals surface area contributed by atoms with Crippen LogP contribution in [0, 0.1) is 3.57 Å². The Balaban J connectivity index is 2.50. The van der Waals surface area contributed by atoms with E-state index < -0.39 is 5.97 Å². The second-order valence-electron chi connectivity index (χ2n) is 4.17. The van der Waals surface area contributed by atoms with Gasteiger partial charge in [0.25, 0.3) is 0 Å². The lowest BCUT2D eigenvalue weighted by Crippen LogP contribution is -2.07. The first-order chi connectivity index (χ1) is 9.92. The fourth-order valence-electron chi connectivity index (χ4n) is 1.75. The van der Waals surface area contributed by atoms with Gasteiger partial charge in [0.15, 0.2) is 0 Å². The molecule has 0 fully saturated rings.